The topological polar surface area (TPSA) is 131 Å². The summed E-state index contributed by atoms with van der Waals surface area (Å²) in [5, 5.41) is 3.23. The number of primary amides is 1. The molecule has 8 nitrogen and oxygen atoms in total. The summed E-state index contributed by atoms with van der Waals surface area (Å²) < 4.78 is 61.2. The van der Waals surface area contributed by atoms with Gasteiger partial charge in [0.1, 0.15) is 5.84 Å². The molecule has 0 unspecified atom stereocenters. The van der Waals surface area contributed by atoms with E-state index in [0.717, 1.165) is 67.8 Å². The molecule has 0 heterocycles. The molecule has 0 radical (unpaired) electrons. The van der Waals surface area contributed by atoms with Gasteiger partial charge in [0.05, 0.1) is 16.2 Å². The molecule has 204 valence electrons. The number of aliphatic imine (C=N–C) groups is 1. The van der Waals surface area contributed by atoms with Gasteiger partial charge in [-0.05, 0) is 94.5 Å². The van der Waals surface area contributed by atoms with Crippen molar-refractivity contribution in [2.75, 3.05) is 7.05 Å². The van der Waals surface area contributed by atoms with E-state index in [0.29, 0.717) is 6.04 Å². The zero-order valence-corrected chi connectivity index (χ0v) is 21.6. The molecule has 4 rings (SSSR count). The van der Waals surface area contributed by atoms with E-state index in [-0.39, 0.29) is 23.1 Å². The maximum absolute atomic E-state index is 12.7. The zero-order valence-electron chi connectivity index (χ0n) is 20.7. The summed E-state index contributed by atoms with van der Waals surface area (Å²) in [6.45, 7) is 0. The van der Waals surface area contributed by atoms with Crippen molar-refractivity contribution >= 4 is 27.3 Å². The molecule has 1 amide bonds. The second-order valence-corrected chi connectivity index (χ2v) is 12.3. The Hall–Kier alpha value is -2.60. The molecule has 0 atom stereocenters. The van der Waals surface area contributed by atoms with E-state index in [1.807, 2.05) is 0 Å². The van der Waals surface area contributed by atoms with Crippen LogP contribution in [-0.2, 0) is 14.6 Å². The Morgan fingerprint density at radius 2 is 1.57 bits per heavy atom. The lowest BCUT2D eigenvalue weighted by molar-refractivity contribution is -0.114. The number of amidine groups is 1. The number of hydrogen-bond donors (Lipinski definition) is 3. The van der Waals surface area contributed by atoms with Gasteiger partial charge in [0.25, 0.3) is 15.7 Å². The molecule has 1 aromatic carbocycles. The van der Waals surface area contributed by atoms with E-state index in [9.17, 15) is 26.4 Å². The number of sulfone groups is 1. The minimum Gasteiger partial charge on any atom is -0.387 e. The van der Waals surface area contributed by atoms with Crippen LogP contribution in [0.2, 0.25) is 0 Å². The number of hydrogen-bond acceptors (Lipinski definition) is 6. The molecule has 0 bridgehead atoms. The van der Waals surface area contributed by atoms with Gasteiger partial charge >= 0.3 is 5.51 Å². The highest BCUT2D eigenvalue weighted by molar-refractivity contribution is 7.92. The fraction of sp³-hybridized carbons (Fsp3) is 0.600. The summed E-state index contributed by atoms with van der Waals surface area (Å²) >= 11 is 0. The van der Waals surface area contributed by atoms with Crippen LogP contribution in [-0.4, -0.2) is 55.7 Å². The fourth-order valence-electron chi connectivity index (χ4n) is 5.32. The molecular weight excluding hydrogens is 507 g/mol. The van der Waals surface area contributed by atoms with Gasteiger partial charge < -0.3 is 16.8 Å². The van der Waals surface area contributed by atoms with Crippen LogP contribution >= 0.6 is 0 Å². The number of rotatable bonds is 10. The van der Waals surface area contributed by atoms with Gasteiger partial charge in [-0.3, -0.25) is 9.69 Å². The number of nitrogens with one attached hydrogen (secondary N) is 1. The highest BCUT2D eigenvalue weighted by Crippen LogP contribution is 2.48. The first-order valence-electron chi connectivity index (χ1n) is 12.6. The third-order valence-electron chi connectivity index (χ3n) is 7.66. The zero-order chi connectivity index (χ0) is 27.0. The van der Waals surface area contributed by atoms with Crippen LogP contribution < -0.4 is 16.8 Å². The smallest absolute Gasteiger partial charge is 0.387 e. The minimum atomic E-state index is -5.47. The third kappa shape index (κ3) is 6.46. The molecule has 0 aromatic heterocycles. The van der Waals surface area contributed by atoms with Gasteiger partial charge in [-0.2, -0.15) is 13.2 Å². The summed E-state index contributed by atoms with van der Waals surface area (Å²) in [5.41, 5.74) is 6.05. The van der Waals surface area contributed by atoms with Crippen LogP contribution in [0.25, 0.3) is 0 Å². The summed E-state index contributed by atoms with van der Waals surface area (Å²) in [6.07, 6.45) is 10.8. The predicted octanol–water partition coefficient (Wildman–Crippen LogP) is 3.36. The normalized spacial score (nSPS) is 23.9. The number of benzene rings is 1. The monoisotopic (exact) mass is 541 g/mol. The minimum absolute atomic E-state index is 0.0613. The summed E-state index contributed by atoms with van der Waals surface area (Å²) in [5.74, 6) is 0.690. The molecule has 5 N–H and O–H groups in total. The van der Waals surface area contributed by atoms with Crippen molar-refractivity contribution in [1.82, 2.24) is 10.2 Å². The van der Waals surface area contributed by atoms with Crippen molar-refractivity contribution in [1.29, 1.82) is 0 Å². The Morgan fingerprint density at radius 3 is 2.03 bits per heavy atom. The first kappa shape index (κ1) is 27.4. The van der Waals surface area contributed by atoms with E-state index in [2.05, 4.69) is 22.3 Å². The van der Waals surface area contributed by atoms with Gasteiger partial charge in [0, 0.05) is 24.3 Å². The Balaban J connectivity index is 1.36. The van der Waals surface area contributed by atoms with E-state index in [1.165, 1.54) is 31.9 Å². The van der Waals surface area contributed by atoms with Crippen LogP contribution in [0.4, 0.5) is 18.9 Å². The van der Waals surface area contributed by atoms with Crippen LogP contribution in [0.5, 0.6) is 0 Å². The van der Waals surface area contributed by atoms with Gasteiger partial charge in [0.15, 0.2) is 0 Å². The maximum atomic E-state index is 12.7. The highest BCUT2D eigenvalue weighted by atomic mass is 32.2. The lowest BCUT2D eigenvalue weighted by atomic mass is 9.88. The largest absolute Gasteiger partial charge is 0.501 e. The second-order valence-electron chi connectivity index (χ2n) is 10.4. The quantitative estimate of drug-likeness (QED) is 0.237. The second kappa shape index (κ2) is 10.6. The number of nitrogens with zero attached hydrogens (tertiary/aromatic N) is 2. The number of carbonyl (C=O) groups excluding carboxylic acids is 1. The van der Waals surface area contributed by atoms with Crippen molar-refractivity contribution in [3.05, 3.63) is 36.0 Å². The third-order valence-corrected chi connectivity index (χ3v) is 9.16. The summed E-state index contributed by atoms with van der Waals surface area (Å²) in [4.78, 5) is 17.7. The van der Waals surface area contributed by atoms with Crippen LogP contribution in [0.3, 0.4) is 0 Å². The highest BCUT2D eigenvalue weighted by Gasteiger charge is 2.47. The standard InChI is InChI=1S/C25H34F3N5O3S/c1-33(22(15-2-3-15)16-4-5-16)19-10-6-17(7-11-19)31-14-21(24(30)34)23(29)32-18-8-12-20(13-9-18)37(35,36)25(26,27)28/h8-9,12-17,19,22,31H,2-7,10-11H2,1H3,(H2,29,32)(H2,30,34)/b21-14+. The molecule has 0 spiro atoms. The maximum Gasteiger partial charge on any atom is 0.501 e. The number of carbonyl (C=O) groups is 1. The average Bonchev–Trinajstić information content (AvgIpc) is 3.75. The molecule has 37 heavy (non-hydrogen) atoms. The van der Waals surface area contributed by atoms with Crippen molar-refractivity contribution in [3.8, 4) is 0 Å². The van der Waals surface area contributed by atoms with Gasteiger partial charge in [-0.1, -0.05) is 0 Å². The lowest BCUT2D eigenvalue weighted by Crippen LogP contribution is -2.46. The van der Waals surface area contributed by atoms with Crippen LogP contribution in [0, 0.1) is 11.8 Å². The van der Waals surface area contributed by atoms with Crippen LogP contribution in [0.15, 0.2) is 45.9 Å². The SMILES string of the molecule is CN(C1CCC(N/C=C(/C(N)=O)C(N)=Nc2ccc(S(=O)(=O)C(F)(F)F)cc2)CC1)C(C1CC1)C1CC1. The number of alkyl halides is 3. The molecule has 0 saturated heterocycles. The molecule has 3 saturated carbocycles. The van der Waals surface area contributed by atoms with Gasteiger partial charge in [-0.25, -0.2) is 13.4 Å². The van der Waals surface area contributed by atoms with Crippen molar-refractivity contribution in [3.63, 3.8) is 0 Å². The Morgan fingerprint density at radius 1 is 1.03 bits per heavy atom. The molecule has 3 fully saturated rings. The Bertz CT molecular complexity index is 1140. The van der Waals surface area contributed by atoms with Crippen LogP contribution in [0.1, 0.15) is 51.4 Å². The average molecular weight is 542 g/mol. The predicted molar refractivity (Wildman–Crippen MR) is 134 cm³/mol. The molecular formula is C25H34F3N5O3S. The van der Waals surface area contributed by atoms with Gasteiger partial charge in [-0.15, -0.1) is 0 Å². The van der Waals surface area contributed by atoms with E-state index < -0.39 is 26.1 Å². The molecule has 3 aliphatic carbocycles. The summed E-state index contributed by atoms with van der Waals surface area (Å²) in [6, 6.07) is 5.14. The van der Waals surface area contributed by atoms with Crippen molar-refractivity contribution in [2.45, 2.75) is 79.9 Å². The Labute approximate surface area is 215 Å². The first-order chi connectivity index (χ1) is 17.4. The number of nitrogens with two attached hydrogens (primary N) is 2. The Kier molecular flexibility index (Phi) is 7.89. The molecule has 12 heteroatoms. The van der Waals surface area contributed by atoms with E-state index in [4.69, 9.17) is 11.5 Å². The fourth-order valence-corrected chi connectivity index (χ4v) is 6.09. The molecule has 0 aliphatic heterocycles. The van der Waals surface area contributed by atoms with Gasteiger partial charge in [0.2, 0.25) is 0 Å². The van der Waals surface area contributed by atoms with E-state index >= 15 is 0 Å². The summed E-state index contributed by atoms with van der Waals surface area (Å²) in [7, 11) is -3.20. The molecule has 3 aliphatic rings. The lowest BCUT2D eigenvalue weighted by Gasteiger charge is -2.39. The number of amides is 1. The van der Waals surface area contributed by atoms with Crippen molar-refractivity contribution < 1.29 is 26.4 Å². The number of halogens is 3. The van der Waals surface area contributed by atoms with Crippen molar-refractivity contribution in [2.24, 2.45) is 28.3 Å². The molecule has 1 aromatic rings. The first-order valence-corrected chi connectivity index (χ1v) is 14.1. The van der Waals surface area contributed by atoms with E-state index in [1.54, 1.807) is 0 Å².